The molecule has 1 aliphatic heterocycles. The highest BCUT2D eigenvalue weighted by atomic mass is 16.5. The number of rotatable bonds is 4. The van der Waals surface area contributed by atoms with E-state index in [2.05, 4.69) is 24.9 Å². The van der Waals surface area contributed by atoms with E-state index < -0.39 is 0 Å². The number of amides is 1. The standard InChI is InChI=1S/C16H21N3O2/c1-3-14-11-19(9-8-18(14)2)16(20)12-21-15-6-4-13(10-17)5-7-15/h4-7,14H,3,8-9,11-12H2,1-2H3. The largest absolute Gasteiger partial charge is 0.484 e. The monoisotopic (exact) mass is 287 g/mol. The van der Waals surface area contributed by atoms with Crippen LogP contribution in [0.2, 0.25) is 0 Å². The van der Waals surface area contributed by atoms with Crippen LogP contribution in [0, 0.1) is 11.3 Å². The Morgan fingerprint density at radius 3 is 2.71 bits per heavy atom. The van der Waals surface area contributed by atoms with Gasteiger partial charge in [-0.2, -0.15) is 5.26 Å². The van der Waals surface area contributed by atoms with Crippen molar-refractivity contribution in [2.45, 2.75) is 19.4 Å². The average Bonchev–Trinajstić information content (AvgIpc) is 2.53. The van der Waals surface area contributed by atoms with E-state index in [0.29, 0.717) is 17.4 Å². The highest BCUT2D eigenvalue weighted by Crippen LogP contribution is 2.13. The van der Waals surface area contributed by atoms with Crippen LogP contribution in [0.3, 0.4) is 0 Å². The van der Waals surface area contributed by atoms with Crippen LogP contribution in [0.4, 0.5) is 0 Å². The molecule has 0 aliphatic carbocycles. The first kappa shape index (κ1) is 15.3. The number of benzene rings is 1. The first-order chi connectivity index (χ1) is 10.1. The molecule has 1 amide bonds. The minimum atomic E-state index is 0.0194. The summed E-state index contributed by atoms with van der Waals surface area (Å²) in [6.45, 7) is 4.61. The molecule has 2 rings (SSSR count). The summed E-state index contributed by atoms with van der Waals surface area (Å²) in [5.74, 6) is 0.634. The summed E-state index contributed by atoms with van der Waals surface area (Å²) in [5.41, 5.74) is 0.582. The highest BCUT2D eigenvalue weighted by molar-refractivity contribution is 5.78. The fourth-order valence-electron chi connectivity index (χ4n) is 2.48. The molecule has 1 unspecified atom stereocenters. The Bertz CT molecular complexity index is 521. The van der Waals surface area contributed by atoms with Crippen LogP contribution >= 0.6 is 0 Å². The summed E-state index contributed by atoms with van der Waals surface area (Å²) in [6, 6.07) is 9.27. The van der Waals surface area contributed by atoms with Crippen molar-refractivity contribution in [2.24, 2.45) is 0 Å². The number of piperazine rings is 1. The van der Waals surface area contributed by atoms with Gasteiger partial charge in [-0.3, -0.25) is 9.69 Å². The summed E-state index contributed by atoms with van der Waals surface area (Å²) in [4.78, 5) is 16.4. The summed E-state index contributed by atoms with van der Waals surface area (Å²) in [5, 5.41) is 8.73. The number of hydrogen-bond donors (Lipinski definition) is 0. The Hall–Kier alpha value is -2.06. The van der Waals surface area contributed by atoms with Crippen LogP contribution in [-0.2, 0) is 4.79 Å². The van der Waals surface area contributed by atoms with Crippen LogP contribution in [-0.4, -0.2) is 55.0 Å². The van der Waals surface area contributed by atoms with Crippen LogP contribution in [0.1, 0.15) is 18.9 Å². The second kappa shape index (κ2) is 7.09. The third-order valence-electron chi connectivity index (χ3n) is 3.95. The number of nitriles is 1. The van der Waals surface area contributed by atoms with Gasteiger partial charge in [-0.25, -0.2) is 0 Å². The summed E-state index contributed by atoms with van der Waals surface area (Å²) in [6.07, 6.45) is 1.04. The SMILES string of the molecule is CCC1CN(C(=O)COc2ccc(C#N)cc2)CCN1C. The van der Waals surface area contributed by atoms with E-state index >= 15 is 0 Å². The Kier molecular flexibility index (Phi) is 5.18. The van der Waals surface area contributed by atoms with Gasteiger partial charge in [0.05, 0.1) is 11.6 Å². The molecule has 112 valence electrons. The van der Waals surface area contributed by atoms with Gasteiger partial charge in [-0.15, -0.1) is 0 Å². The predicted octanol–water partition coefficient (Wildman–Crippen LogP) is 1.49. The smallest absolute Gasteiger partial charge is 0.260 e. The molecule has 21 heavy (non-hydrogen) atoms. The normalized spacial score (nSPS) is 19.1. The number of hydrogen-bond acceptors (Lipinski definition) is 4. The van der Waals surface area contributed by atoms with Crippen molar-refractivity contribution < 1.29 is 9.53 Å². The van der Waals surface area contributed by atoms with Crippen molar-refractivity contribution in [3.8, 4) is 11.8 Å². The third-order valence-corrected chi connectivity index (χ3v) is 3.95. The summed E-state index contributed by atoms with van der Waals surface area (Å²) >= 11 is 0. The first-order valence-electron chi connectivity index (χ1n) is 7.25. The maximum atomic E-state index is 12.2. The number of carbonyl (C=O) groups excluding carboxylic acids is 1. The minimum Gasteiger partial charge on any atom is -0.484 e. The van der Waals surface area contributed by atoms with Gasteiger partial charge in [0.1, 0.15) is 5.75 Å². The Balaban J connectivity index is 1.85. The van der Waals surface area contributed by atoms with Gasteiger partial charge in [0.25, 0.3) is 5.91 Å². The van der Waals surface area contributed by atoms with E-state index in [4.69, 9.17) is 10.00 Å². The quantitative estimate of drug-likeness (QED) is 0.842. The maximum Gasteiger partial charge on any atom is 0.260 e. The van der Waals surface area contributed by atoms with Crippen molar-refractivity contribution in [2.75, 3.05) is 33.3 Å². The van der Waals surface area contributed by atoms with Crippen molar-refractivity contribution in [3.63, 3.8) is 0 Å². The van der Waals surface area contributed by atoms with E-state index in [9.17, 15) is 4.79 Å². The van der Waals surface area contributed by atoms with Gasteiger partial charge in [0.15, 0.2) is 6.61 Å². The summed E-state index contributed by atoms with van der Waals surface area (Å²) in [7, 11) is 2.10. The average molecular weight is 287 g/mol. The van der Waals surface area contributed by atoms with Gasteiger partial charge in [0.2, 0.25) is 0 Å². The second-order valence-electron chi connectivity index (χ2n) is 5.31. The Labute approximate surface area is 125 Å². The number of ether oxygens (including phenoxy) is 1. The molecule has 1 aromatic carbocycles. The Morgan fingerprint density at radius 2 is 2.10 bits per heavy atom. The molecule has 0 bridgehead atoms. The molecule has 1 aliphatic rings. The van der Waals surface area contributed by atoms with E-state index in [1.807, 2.05) is 4.90 Å². The molecule has 5 nitrogen and oxygen atoms in total. The molecule has 0 N–H and O–H groups in total. The van der Waals surface area contributed by atoms with Crippen molar-refractivity contribution in [1.29, 1.82) is 5.26 Å². The molecule has 1 aromatic rings. The summed E-state index contributed by atoms with van der Waals surface area (Å²) < 4.78 is 5.50. The van der Waals surface area contributed by atoms with Crippen LogP contribution < -0.4 is 4.74 Å². The van der Waals surface area contributed by atoms with Crippen molar-refractivity contribution in [3.05, 3.63) is 29.8 Å². The molecular formula is C16H21N3O2. The Morgan fingerprint density at radius 1 is 1.38 bits per heavy atom. The topological polar surface area (TPSA) is 56.6 Å². The fraction of sp³-hybridized carbons (Fsp3) is 0.500. The molecule has 0 saturated carbocycles. The van der Waals surface area contributed by atoms with Crippen LogP contribution in [0.15, 0.2) is 24.3 Å². The van der Waals surface area contributed by atoms with Crippen molar-refractivity contribution in [1.82, 2.24) is 9.80 Å². The van der Waals surface area contributed by atoms with Gasteiger partial charge in [0, 0.05) is 25.7 Å². The molecule has 1 atom stereocenters. The zero-order valence-electron chi connectivity index (χ0n) is 12.6. The van der Waals surface area contributed by atoms with Gasteiger partial charge >= 0.3 is 0 Å². The molecule has 0 spiro atoms. The van der Waals surface area contributed by atoms with E-state index in [1.165, 1.54) is 0 Å². The lowest BCUT2D eigenvalue weighted by Crippen LogP contribution is -2.53. The second-order valence-corrected chi connectivity index (χ2v) is 5.31. The lowest BCUT2D eigenvalue weighted by Gasteiger charge is -2.39. The van der Waals surface area contributed by atoms with E-state index in [1.54, 1.807) is 24.3 Å². The fourth-order valence-corrected chi connectivity index (χ4v) is 2.48. The van der Waals surface area contributed by atoms with Gasteiger partial charge in [-0.1, -0.05) is 6.92 Å². The zero-order valence-corrected chi connectivity index (χ0v) is 12.6. The lowest BCUT2D eigenvalue weighted by molar-refractivity contribution is -0.136. The lowest BCUT2D eigenvalue weighted by atomic mass is 10.1. The van der Waals surface area contributed by atoms with E-state index in [-0.39, 0.29) is 12.5 Å². The molecule has 0 radical (unpaired) electrons. The van der Waals surface area contributed by atoms with Crippen LogP contribution in [0.5, 0.6) is 5.75 Å². The van der Waals surface area contributed by atoms with Gasteiger partial charge in [-0.05, 0) is 37.7 Å². The number of likely N-dealkylation sites (N-methyl/N-ethyl adjacent to an activating group) is 1. The van der Waals surface area contributed by atoms with Gasteiger partial charge < -0.3 is 9.64 Å². The zero-order chi connectivity index (χ0) is 15.2. The number of nitrogens with zero attached hydrogens (tertiary/aromatic N) is 3. The molecular weight excluding hydrogens is 266 g/mol. The molecule has 0 aromatic heterocycles. The van der Waals surface area contributed by atoms with Crippen molar-refractivity contribution >= 4 is 5.91 Å². The van der Waals surface area contributed by atoms with E-state index in [0.717, 1.165) is 26.1 Å². The third kappa shape index (κ3) is 3.96. The molecule has 5 heteroatoms. The predicted molar refractivity (Wildman–Crippen MR) is 79.9 cm³/mol. The maximum absolute atomic E-state index is 12.2. The number of carbonyl (C=O) groups is 1. The highest BCUT2D eigenvalue weighted by Gasteiger charge is 2.26. The first-order valence-corrected chi connectivity index (χ1v) is 7.25. The van der Waals surface area contributed by atoms with Crippen LogP contribution in [0.25, 0.3) is 0 Å². The molecule has 1 saturated heterocycles. The molecule has 1 fully saturated rings. The minimum absolute atomic E-state index is 0.0194. The molecule has 1 heterocycles.